The highest BCUT2D eigenvalue weighted by Gasteiger charge is 2.56. The fourth-order valence-corrected chi connectivity index (χ4v) is 3.54. The number of amides is 2. The van der Waals surface area contributed by atoms with Crippen LogP contribution in [0.2, 0.25) is 0 Å². The van der Waals surface area contributed by atoms with E-state index in [1.165, 1.54) is 23.2 Å². The maximum atomic E-state index is 12.6. The van der Waals surface area contributed by atoms with Gasteiger partial charge in [-0.3, -0.25) is 14.6 Å². The highest BCUT2D eigenvalue weighted by molar-refractivity contribution is 5.96. The van der Waals surface area contributed by atoms with Crippen molar-refractivity contribution in [2.45, 2.75) is 32.0 Å². The molecule has 1 aromatic carbocycles. The Balaban J connectivity index is 1.57. The highest BCUT2D eigenvalue weighted by Crippen LogP contribution is 2.40. The first-order valence-electron chi connectivity index (χ1n) is 9.15. The van der Waals surface area contributed by atoms with Gasteiger partial charge in [-0.1, -0.05) is 0 Å². The number of nitrogens with one attached hydrogen (secondary N) is 1. The minimum absolute atomic E-state index is 0.227. The standard InChI is InChI=1S/C19H22N4O6/c1-18(2,3)28-16(25)22-7-19(8-22)9-23(17(26)29-19)13-5-11-12(6-14(13)27-4)20-10-21-15(11)24/h5-6,10H,7-9H2,1-4H3,(H,20,21,24). The van der Waals surface area contributed by atoms with Crippen molar-refractivity contribution in [2.75, 3.05) is 31.6 Å². The van der Waals surface area contributed by atoms with E-state index in [2.05, 4.69) is 9.97 Å². The third-order valence-corrected chi connectivity index (χ3v) is 4.81. The molecule has 2 fully saturated rings. The van der Waals surface area contributed by atoms with Crippen molar-refractivity contribution in [3.8, 4) is 5.75 Å². The van der Waals surface area contributed by atoms with Gasteiger partial charge in [0.25, 0.3) is 5.56 Å². The molecule has 154 valence electrons. The summed E-state index contributed by atoms with van der Waals surface area (Å²) >= 11 is 0. The molecule has 2 saturated heterocycles. The number of ether oxygens (including phenoxy) is 3. The molecule has 2 aliphatic heterocycles. The van der Waals surface area contributed by atoms with Gasteiger partial charge in [0.1, 0.15) is 11.4 Å². The monoisotopic (exact) mass is 402 g/mol. The molecule has 4 rings (SSSR count). The lowest BCUT2D eigenvalue weighted by atomic mass is 9.94. The second-order valence-electron chi connectivity index (χ2n) is 8.25. The third-order valence-electron chi connectivity index (χ3n) is 4.81. The first-order valence-corrected chi connectivity index (χ1v) is 9.15. The Labute approximate surface area is 166 Å². The number of carbonyl (C=O) groups excluding carboxylic acids is 2. The van der Waals surface area contributed by atoms with Crippen molar-refractivity contribution in [3.05, 3.63) is 28.8 Å². The smallest absolute Gasteiger partial charge is 0.415 e. The fraction of sp³-hybridized carbons (Fsp3) is 0.474. The van der Waals surface area contributed by atoms with Crippen LogP contribution in [0.3, 0.4) is 0 Å². The number of hydrogen-bond donors (Lipinski definition) is 1. The summed E-state index contributed by atoms with van der Waals surface area (Å²) in [6.45, 7) is 6.08. The number of rotatable bonds is 2. The zero-order chi connectivity index (χ0) is 21.0. The molecular weight excluding hydrogens is 380 g/mol. The second-order valence-corrected chi connectivity index (χ2v) is 8.25. The molecular formula is C19H22N4O6. The number of likely N-dealkylation sites (tertiary alicyclic amines) is 1. The van der Waals surface area contributed by atoms with Crippen LogP contribution < -0.4 is 15.2 Å². The number of aromatic nitrogens is 2. The minimum Gasteiger partial charge on any atom is -0.494 e. The summed E-state index contributed by atoms with van der Waals surface area (Å²) in [6, 6.07) is 3.16. The van der Waals surface area contributed by atoms with E-state index in [9.17, 15) is 14.4 Å². The van der Waals surface area contributed by atoms with E-state index in [0.717, 1.165) is 0 Å². The normalized spacial score (nSPS) is 18.0. The number of hydrogen-bond acceptors (Lipinski definition) is 7. The average molecular weight is 402 g/mol. The molecule has 10 heteroatoms. The number of benzene rings is 1. The minimum atomic E-state index is -0.810. The molecule has 1 aromatic heterocycles. The van der Waals surface area contributed by atoms with Crippen molar-refractivity contribution in [3.63, 3.8) is 0 Å². The molecule has 1 N–H and O–H groups in total. The number of aromatic amines is 1. The van der Waals surface area contributed by atoms with Gasteiger partial charge in [-0.2, -0.15) is 0 Å². The quantitative estimate of drug-likeness (QED) is 0.816. The Kier molecular flexibility index (Phi) is 4.18. The lowest BCUT2D eigenvalue weighted by molar-refractivity contribution is -0.0779. The third kappa shape index (κ3) is 3.34. The zero-order valence-corrected chi connectivity index (χ0v) is 16.6. The molecule has 3 heterocycles. The Morgan fingerprint density at radius 2 is 1.97 bits per heavy atom. The van der Waals surface area contributed by atoms with Crippen LogP contribution in [0.25, 0.3) is 10.9 Å². The molecule has 2 amide bonds. The molecule has 2 aromatic rings. The van der Waals surface area contributed by atoms with Crippen LogP contribution in [0.5, 0.6) is 5.75 Å². The van der Waals surface area contributed by atoms with Crippen molar-refractivity contribution in [2.24, 2.45) is 0 Å². The van der Waals surface area contributed by atoms with E-state index in [-0.39, 0.29) is 25.2 Å². The van der Waals surface area contributed by atoms with E-state index in [4.69, 9.17) is 14.2 Å². The van der Waals surface area contributed by atoms with Gasteiger partial charge in [-0.15, -0.1) is 0 Å². The average Bonchev–Trinajstić information content (AvgIpc) is 2.96. The van der Waals surface area contributed by atoms with E-state index < -0.39 is 23.4 Å². The summed E-state index contributed by atoms with van der Waals surface area (Å²) in [6.07, 6.45) is 0.299. The first kappa shape index (κ1) is 19.0. The van der Waals surface area contributed by atoms with Gasteiger partial charge < -0.3 is 19.2 Å². The van der Waals surface area contributed by atoms with Crippen LogP contribution in [0.15, 0.2) is 23.3 Å². The molecule has 0 bridgehead atoms. The van der Waals surface area contributed by atoms with Gasteiger partial charge in [0.05, 0.1) is 49.7 Å². The summed E-state index contributed by atoms with van der Waals surface area (Å²) in [7, 11) is 1.47. The number of anilines is 1. The Bertz CT molecular complexity index is 1050. The van der Waals surface area contributed by atoms with Crippen LogP contribution in [0.1, 0.15) is 20.8 Å². The second kappa shape index (κ2) is 6.36. The van der Waals surface area contributed by atoms with Crippen molar-refractivity contribution in [1.82, 2.24) is 14.9 Å². The van der Waals surface area contributed by atoms with Crippen molar-refractivity contribution >= 4 is 28.8 Å². The molecule has 10 nitrogen and oxygen atoms in total. The van der Waals surface area contributed by atoms with Crippen LogP contribution >= 0.6 is 0 Å². The molecule has 1 spiro atoms. The van der Waals surface area contributed by atoms with Gasteiger partial charge in [0, 0.05) is 6.07 Å². The molecule has 2 aliphatic rings. The van der Waals surface area contributed by atoms with Gasteiger partial charge >= 0.3 is 12.2 Å². The van der Waals surface area contributed by atoms with Crippen LogP contribution in [0.4, 0.5) is 15.3 Å². The Morgan fingerprint density at radius 3 is 2.62 bits per heavy atom. The lowest BCUT2D eigenvalue weighted by Crippen LogP contribution is -2.66. The van der Waals surface area contributed by atoms with Gasteiger partial charge in [-0.05, 0) is 26.8 Å². The maximum Gasteiger partial charge on any atom is 0.415 e. The molecule has 29 heavy (non-hydrogen) atoms. The lowest BCUT2D eigenvalue weighted by Gasteiger charge is -2.45. The van der Waals surface area contributed by atoms with E-state index in [1.807, 2.05) is 0 Å². The number of nitrogens with zero attached hydrogens (tertiary/aromatic N) is 3. The van der Waals surface area contributed by atoms with E-state index >= 15 is 0 Å². The number of H-pyrrole nitrogens is 1. The summed E-state index contributed by atoms with van der Waals surface area (Å²) in [4.78, 5) is 46.4. The largest absolute Gasteiger partial charge is 0.494 e. The van der Waals surface area contributed by atoms with Crippen LogP contribution in [0, 0.1) is 0 Å². The molecule has 0 atom stereocenters. The summed E-state index contributed by atoms with van der Waals surface area (Å²) < 4.78 is 16.3. The first-order chi connectivity index (χ1) is 13.6. The topological polar surface area (TPSA) is 114 Å². The summed E-state index contributed by atoms with van der Waals surface area (Å²) in [5, 5.41) is 0.334. The maximum absolute atomic E-state index is 12.6. The van der Waals surface area contributed by atoms with Crippen LogP contribution in [-0.4, -0.2) is 65.0 Å². The summed E-state index contributed by atoms with van der Waals surface area (Å²) in [5.74, 6) is 0.396. The molecule has 0 aliphatic carbocycles. The number of carbonyl (C=O) groups is 2. The fourth-order valence-electron chi connectivity index (χ4n) is 3.54. The molecule has 0 unspecified atom stereocenters. The Hall–Kier alpha value is -3.30. The SMILES string of the molecule is COc1cc2nc[nH]c(=O)c2cc1N1CC2(CN(C(=O)OC(C)(C)C)C2)OC1=O. The summed E-state index contributed by atoms with van der Waals surface area (Å²) in [5.41, 5.74) is -0.860. The number of methoxy groups -OCH3 is 1. The Morgan fingerprint density at radius 1 is 1.24 bits per heavy atom. The zero-order valence-electron chi connectivity index (χ0n) is 16.6. The van der Waals surface area contributed by atoms with Gasteiger partial charge in [0.2, 0.25) is 0 Å². The molecule has 0 saturated carbocycles. The molecule has 0 radical (unpaired) electrons. The van der Waals surface area contributed by atoms with Gasteiger partial charge in [0.15, 0.2) is 5.60 Å². The van der Waals surface area contributed by atoms with Crippen LogP contribution in [-0.2, 0) is 9.47 Å². The number of fused-ring (bicyclic) bond motifs is 1. The van der Waals surface area contributed by atoms with Gasteiger partial charge in [-0.25, -0.2) is 14.6 Å². The predicted octanol–water partition coefficient (Wildman–Crippen LogP) is 1.88. The predicted molar refractivity (Wildman–Crippen MR) is 103 cm³/mol. The van der Waals surface area contributed by atoms with E-state index in [1.54, 1.807) is 32.9 Å². The van der Waals surface area contributed by atoms with E-state index in [0.29, 0.717) is 22.3 Å². The highest BCUT2D eigenvalue weighted by atomic mass is 16.6. The van der Waals surface area contributed by atoms with Crippen molar-refractivity contribution < 1.29 is 23.8 Å². The van der Waals surface area contributed by atoms with Crippen molar-refractivity contribution in [1.29, 1.82) is 0 Å².